The Bertz CT molecular complexity index is 463. The summed E-state index contributed by atoms with van der Waals surface area (Å²) in [6, 6.07) is 4.44. The molecule has 1 aromatic carbocycles. The van der Waals surface area contributed by atoms with E-state index in [-0.39, 0.29) is 0 Å². The zero-order valence-electron chi connectivity index (χ0n) is 9.78. The highest BCUT2D eigenvalue weighted by Gasteiger charge is 2.34. The second-order valence-electron chi connectivity index (χ2n) is 4.35. The van der Waals surface area contributed by atoms with E-state index in [0.29, 0.717) is 29.9 Å². The third-order valence-corrected chi connectivity index (χ3v) is 3.24. The lowest BCUT2D eigenvalue weighted by atomic mass is 9.99. The number of nitrogen functional groups attached to an aromatic ring is 1. The molecule has 2 unspecified atom stereocenters. The van der Waals surface area contributed by atoms with Gasteiger partial charge in [0.15, 0.2) is 0 Å². The van der Waals surface area contributed by atoms with Crippen molar-refractivity contribution in [3.05, 3.63) is 23.8 Å². The lowest BCUT2D eigenvalue weighted by Gasteiger charge is -2.40. The molecule has 1 aromatic rings. The molecule has 6 heteroatoms. The highest BCUT2D eigenvalue weighted by molar-refractivity contribution is 5.80. The number of anilines is 2. The van der Waals surface area contributed by atoms with Crippen LogP contribution in [0.5, 0.6) is 0 Å². The molecular weight excluding hydrogens is 236 g/mol. The van der Waals surface area contributed by atoms with Gasteiger partial charge in [0.2, 0.25) is 0 Å². The van der Waals surface area contributed by atoms with E-state index in [1.807, 2.05) is 0 Å². The Kier molecular flexibility index (Phi) is 3.40. The van der Waals surface area contributed by atoms with Crippen LogP contribution in [-0.2, 0) is 4.79 Å². The summed E-state index contributed by atoms with van der Waals surface area (Å²) < 4.78 is 0. The van der Waals surface area contributed by atoms with Gasteiger partial charge in [-0.2, -0.15) is 0 Å². The molecule has 0 aliphatic carbocycles. The maximum atomic E-state index is 11.0. The Balaban J connectivity index is 2.27. The molecule has 0 bridgehead atoms. The van der Waals surface area contributed by atoms with Crippen molar-refractivity contribution < 1.29 is 20.1 Å². The van der Waals surface area contributed by atoms with Crippen LogP contribution in [0.2, 0.25) is 0 Å². The zero-order valence-corrected chi connectivity index (χ0v) is 9.78. The number of carboxylic acid groups (broad SMARTS) is 1. The molecule has 2 rings (SSSR count). The van der Waals surface area contributed by atoms with Gasteiger partial charge in [0, 0.05) is 23.5 Å². The Morgan fingerprint density at radius 1 is 1.56 bits per heavy atom. The minimum atomic E-state index is -1.05. The number of carboxylic acids is 1. The van der Waals surface area contributed by atoms with E-state index in [1.54, 1.807) is 23.1 Å². The first-order chi connectivity index (χ1) is 8.54. The van der Waals surface area contributed by atoms with Crippen molar-refractivity contribution in [3.8, 4) is 0 Å². The fourth-order valence-electron chi connectivity index (χ4n) is 2.08. The van der Waals surface area contributed by atoms with Crippen LogP contribution in [0.3, 0.4) is 0 Å². The fraction of sp³-hybridized carbons (Fsp3) is 0.417. The van der Waals surface area contributed by atoms with Gasteiger partial charge in [-0.15, -0.1) is 0 Å². The van der Waals surface area contributed by atoms with E-state index in [0.717, 1.165) is 0 Å². The van der Waals surface area contributed by atoms with E-state index in [2.05, 4.69) is 0 Å². The molecule has 1 heterocycles. The molecular formula is C12H16N2O4. The predicted octanol–water partition coefficient (Wildman–Crippen LogP) is -0.0422. The third-order valence-electron chi connectivity index (χ3n) is 3.24. The van der Waals surface area contributed by atoms with Crippen LogP contribution in [-0.4, -0.2) is 40.5 Å². The standard InChI is InChI=1S/C12H16N2O4/c13-9-2-1-7(5-8(9)11(16)6-15)14-4-3-10(14)12(17)18/h1-2,5,10-11,15-16H,3-4,6,13H2,(H,17,18). The van der Waals surface area contributed by atoms with Gasteiger partial charge in [0.05, 0.1) is 6.61 Å². The van der Waals surface area contributed by atoms with E-state index >= 15 is 0 Å². The van der Waals surface area contributed by atoms with Crippen LogP contribution in [0.15, 0.2) is 18.2 Å². The topological polar surface area (TPSA) is 107 Å². The van der Waals surface area contributed by atoms with Crippen LogP contribution in [0.4, 0.5) is 11.4 Å². The van der Waals surface area contributed by atoms with Gasteiger partial charge in [-0.3, -0.25) is 0 Å². The summed E-state index contributed by atoms with van der Waals surface area (Å²) in [6.07, 6.45) is -0.438. The zero-order chi connectivity index (χ0) is 13.3. The summed E-state index contributed by atoms with van der Waals surface area (Å²) in [7, 11) is 0. The maximum Gasteiger partial charge on any atom is 0.326 e. The van der Waals surface area contributed by atoms with Crippen LogP contribution in [0.1, 0.15) is 18.1 Å². The van der Waals surface area contributed by atoms with Crippen molar-refractivity contribution in [1.29, 1.82) is 0 Å². The molecule has 1 aliphatic rings. The Morgan fingerprint density at radius 3 is 2.78 bits per heavy atom. The van der Waals surface area contributed by atoms with Crippen molar-refractivity contribution in [3.63, 3.8) is 0 Å². The van der Waals surface area contributed by atoms with Gasteiger partial charge >= 0.3 is 5.97 Å². The average molecular weight is 252 g/mol. The van der Waals surface area contributed by atoms with E-state index in [9.17, 15) is 9.90 Å². The van der Waals surface area contributed by atoms with Gasteiger partial charge in [-0.1, -0.05) is 0 Å². The first-order valence-corrected chi connectivity index (χ1v) is 5.72. The number of carbonyl (C=O) groups is 1. The predicted molar refractivity (Wildman–Crippen MR) is 66.3 cm³/mol. The van der Waals surface area contributed by atoms with Gasteiger partial charge in [0.25, 0.3) is 0 Å². The van der Waals surface area contributed by atoms with Gasteiger partial charge < -0.3 is 26.0 Å². The summed E-state index contributed by atoms with van der Waals surface area (Å²) in [5.74, 6) is -0.859. The summed E-state index contributed by atoms with van der Waals surface area (Å²) >= 11 is 0. The summed E-state index contributed by atoms with van der Waals surface area (Å²) in [5.41, 5.74) is 7.22. The van der Waals surface area contributed by atoms with E-state index < -0.39 is 24.7 Å². The molecule has 0 saturated carbocycles. The van der Waals surface area contributed by atoms with Crippen molar-refractivity contribution in [2.75, 3.05) is 23.8 Å². The molecule has 0 aromatic heterocycles. The molecule has 1 saturated heterocycles. The smallest absolute Gasteiger partial charge is 0.326 e. The van der Waals surface area contributed by atoms with Crippen LogP contribution in [0, 0.1) is 0 Å². The Hall–Kier alpha value is -1.79. The number of benzene rings is 1. The highest BCUT2D eigenvalue weighted by atomic mass is 16.4. The van der Waals surface area contributed by atoms with E-state index in [4.69, 9.17) is 15.9 Å². The maximum absolute atomic E-state index is 11.0. The van der Waals surface area contributed by atoms with Crippen LogP contribution < -0.4 is 10.6 Å². The minimum absolute atomic E-state index is 0.382. The number of nitrogens with two attached hydrogens (primary N) is 1. The lowest BCUT2D eigenvalue weighted by molar-refractivity contribution is -0.139. The van der Waals surface area contributed by atoms with Crippen LogP contribution >= 0.6 is 0 Å². The van der Waals surface area contributed by atoms with Gasteiger partial charge in [0.1, 0.15) is 12.1 Å². The monoisotopic (exact) mass is 252 g/mol. The number of nitrogens with zero attached hydrogens (tertiary/aromatic N) is 1. The van der Waals surface area contributed by atoms with Crippen molar-refractivity contribution >= 4 is 17.3 Å². The number of aliphatic hydroxyl groups is 2. The van der Waals surface area contributed by atoms with Crippen molar-refractivity contribution in [1.82, 2.24) is 0 Å². The Labute approximate surface area is 104 Å². The summed E-state index contributed by atoms with van der Waals surface area (Å²) in [6.45, 7) is 0.242. The highest BCUT2D eigenvalue weighted by Crippen LogP contribution is 2.31. The molecule has 2 atom stereocenters. The van der Waals surface area contributed by atoms with Crippen molar-refractivity contribution in [2.45, 2.75) is 18.6 Å². The SMILES string of the molecule is Nc1ccc(N2CCC2C(=O)O)cc1C(O)CO. The van der Waals surface area contributed by atoms with E-state index in [1.165, 1.54) is 0 Å². The second-order valence-corrected chi connectivity index (χ2v) is 4.35. The third kappa shape index (κ3) is 2.12. The molecule has 0 radical (unpaired) electrons. The van der Waals surface area contributed by atoms with Crippen LogP contribution in [0.25, 0.3) is 0 Å². The molecule has 0 amide bonds. The molecule has 18 heavy (non-hydrogen) atoms. The quantitative estimate of drug-likeness (QED) is 0.560. The van der Waals surface area contributed by atoms with Gasteiger partial charge in [-0.05, 0) is 24.6 Å². The number of hydrogen-bond acceptors (Lipinski definition) is 5. The van der Waals surface area contributed by atoms with Crippen molar-refractivity contribution in [2.24, 2.45) is 0 Å². The first kappa shape index (κ1) is 12.7. The average Bonchev–Trinajstić information content (AvgIpc) is 2.28. The minimum Gasteiger partial charge on any atom is -0.480 e. The lowest BCUT2D eigenvalue weighted by Crippen LogP contribution is -2.52. The summed E-state index contributed by atoms with van der Waals surface area (Å²) in [5, 5.41) is 27.5. The number of aliphatic hydroxyl groups excluding tert-OH is 2. The number of hydrogen-bond donors (Lipinski definition) is 4. The molecule has 1 fully saturated rings. The molecule has 0 spiro atoms. The number of rotatable bonds is 4. The fourth-order valence-corrected chi connectivity index (χ4v) is 2.08. The molecule has 5 N–H and O–H groups in total. The molecule has 6 nitrogen and oxygen atoms in total. The largest absolute Gasteiger partial charge is 0.480 e. The normalized spacial score (nSPS) is 20.3. The number of aliphatic carboxylic acids is 1. The van der Waals surface area contributed by atoms with Gasteiger partial charge in [-0.25, -0.2) is 4.79 Å². The molecule has 98 valence electrons. The summed E-state index contributed by atoms with van der Waals surface area (Å²) in [4.78, 5) is 12.7. The molecule has 1 aliphatic heterocycles. The second kappa shape index (κ2) is 4.83. The first-order valence-electron chi connectivity index (χ1n) is 5.72. The Morgan fingerprint density at radius 2 is 2.28 bits per heavy atom.